The van der Waals surface area contributed by atoms with Crippen LogP contribution in [0.25, 0.3) is 21.8 Å². The van der Waals surface area contributed by atoms with E-state index in [0.717, 1.165) is 46.9 Å². The van der Waals surface area contributed by atoms with Gasteiger partial charge in [0.25, 0.3) is 5.91 Å². The summed E-state index contributed by atoms with van der Waals surface area (Å²) >= 11 is 0. The monoisotopic (exact) mass is 432 g/mol. The molecule has 1 fully saturated rings. The number of furan rings is 1. The van der Waals surface area contributed by atoms with E-state index in [2.05, 4.69) is 22.4 Å². The summed E-state index contributed by atoms with van der Waals surface area (Å²) in [4.78, 5) is 32.5. The van der Waals surface area contributed by atoms with Crippen molar-refractivity contribution in [1.82, 2.24) is 20.8 Å². The van der Waals surface area contributed by atoms with Crippen molar-refractivity contribution < 1.29 is 19.2 Å². The average Bonchev–Trinajstić information content (AvgIpc) is 3.20. The van der Waals surface area contributed by atoms with Crippen LogP contribution in [0.15, 0.2) is 59.2 Å². The molecule has 2 aromatic carbocycles. The highest BCUT2D eigenvalue weighted by Gasteiger charge is 2.58. The molecule has 8 nitrogen and oxygen atoms in total. The lowest BCUT2D eigenvalue weighted by Gasteiger charge is -2.17. The van der Waals surface area contributed by atoms with Crippen LogP contribution in [0.3, 0.4) is 0 Å². The molecule has 4 aromatic rings. The number of aromatic nitrogens is 2. The second-order valence-electron chi connectivity index (χ2n) is 8.35. The fourth-order valence-electron chi connectivity index (χ4n) is 4.54. The zero-order valence-electron chi connectivity index (χ0n) is 17.4. The molecule has 2 unspecified atom stereocenters. The molecular formula is C24H24N4O4. The minimum atomic E-state index is -0.608. The van der Waals surface area contributed by atoms with Crippen molar-refractivity contribution in [2.24, 2.45) is 5.92 Å². The number of nitrogens with zero attached hydrogens (tertiary/aromatic N) is 1. The summed E-state index contributed by atoms with van der Waals surface area (Å²) in [7, 11) is 0. The Bertz CT molecular complexity index is 1280. The summed E-state index contributed by atoms with van der Waals surface area (Å²) < 4.78 is 5.28. The molecule has 0 saturated heterocycles. The highest BCUT2D eigenvalue weighted by atomic mass is 16.5. The number of aromatic amines is 1. The molecule has 0 bridgehead atoms. The third kappa shape index (κ3) is 3.62. The van der Waals surface area contributed by atoms with E-state index in [4.69, 9.17) is 14.6 Å². The lowest BCUT2D eigenvalue weighted by Crippen LogP contribution is -2.37. The number of amides is 2. The zero-order valence-corrected chi connectivity index (χ0v) is 17.4. The summed E-state index contributed by atoms with van der Waals surface area (Å²) in [6.45, 7) is 0. The van der Waals surface area contributed by atoms with E-state index in [1.807, 2.05) is 24.3 Å². The molecule has 32 heavy (non-hydrogen) atoms. The van der Waals surface area contributed by atoms with Crippen LogP contribution in [0.4, 0.5) is 0 Å². The van der Waals surface area contributed by atoms with Gasteiger partial charge in [-0.05, 0) is 48.8 Å². The minimum absolute atomic E-state index is 0.186. The molecule has 5 rings (SSSR count). The first-order chi connectivity index (χ1) is 15.6. The number of hydroxylamine groups is 1. The van der Waals surface area contributed by atoms with Gasteiger partial charge in [-0.25, -0.2) is 10.5 Å². The van der Waals surface area contributed by atoms with Crippen molar-refractivity contribution in [2.45, 2.75) is 37.6 Å². The molecule has 2 heterocycles. The molecule has 0 spiro atoms. The number of hydrogen-bond donors (Lipinski definition) is 4. The molecule has 1 saturated carbocycles. The number of carbonyl (C=O) groups excluding carboxylic acids is 2. The van der Waals surface area contributed by atoms with Crippen LogP contribution in [-0.2, 0) is 10.3 Å². The summed E-state index contributed by atoms with van der Waals surface area (Å²) in [5, 5.41) is 14.0. The van der Waals surface area contributed by atoms with Crippen LogP contribution in [0.2, 0.25) is 0 Å². The quantitative estimate of drug-likeness (QED) is 0.190. The molecular weight excluding hydrogens is 408 g/mol. The Morgan fingerprint density at radius 1 is 1.16 bits per heavy atom. The van der Waals surface area contributed by atoms with Gasteiger partial charge in [0.1, 0.15) is 11.4 Å². The summed E-state index contributed by atoms with van der Waals surface area (Å²) in [6, 6.07) is 15.5. The molecule has 4 N–H and O–H groups in total. The van der Waals surface area contributed by atoms with E-state index in [9.17, 15) is 9.59 Å². The molecule has 2 amide bonds. The van der Waals surface area contributed by atoms with Crippen LogP contribution in [0.5, 0.6) is 0 Å². The van der Waals surface area contributed by atoms with Gasteiger partial charge < -0.3 is 14.7 Å². The van der Waals surface area contributed by atoms with Gasteiger partial charge in [-0.15, -0.1) is 0 Å². The van der Waals surface area contributed by atoms with Crippen molar-refractivity contribution in [1.29, 1.82) is 0 Å². The number of nitrogens with one attached hydrogen (secondary N) is 3. The lowest BCUT2D eigenvalue weighted by atomic mass is 10.1. The molecule has 8 heteroatoms. The van der Waals surface area contributed by atoms with Gasteiger partial charge in [0.15, 0.2) is 5.76 Å². The van der Waals surface area contributed by atoms with Gasteiger partial charge in [-0.1, -0.05) is 36.8 Å². The largest absolute Gasteiger partial charge is 0.459 e. The smallest absolute Gasteiger partial charge is 0.287 e. The van der Waals surface area contributed by atoms with Gasteiger partial charge in [-0.3, -0.25) is 14.8 Å². The van der Waals surface area contributed by atoms with Gasteiger partial charge in [-0.2, -0.15) is 0 Å². The first kappa shape index (κ1) is 20.3. The molecule has 0 aliphatic heterocycles. The molecule has 2 atom stereocenters. The molecule has 1 aliphatic carbocycles. The number of benzene rings is 2. The number of rotatable bonds is 8. The predicted molar refractivity (Wildman–Crippen MR) is 118 cm³/mol. The summed E-state index contributed by atoms with van der Waals surface area (Å²) in [5.74, 6) is 0.522. The number of imidazole rings is 1. The second kappa shape index (κ2) is 8.12. The Balaban J connectivity index is 1.43. The topological polar surface area (TPSA) is 120 Å². The maximum Gasteiger partial charge on any atom is 0.287 e. The van der Waals surface area contributed by atoms with Crippen LogP contribution >= 0.6 is 0 Å². The van der Waals surface area contributed by atoms with Crippen LogP contribution in [0, 0.1) is 5.92 Å². The number of unbranched alkanes of at least 4 members (excludes halogenated alkanes) is 1. The summed E-state index contributed by atoms with van der Waals surface area (Å²) in [5.41, 5.74) is 2.86. The van der Waals surface area contributed by atoms with Crippen LogP contribution in [-0.4, -0.2) is 27.0 Å². The van der Waals surface area contributed by atoms with Gasteiger partial charge >= 0.3 is 0 Å². The Morgan fingerprint density at radius 3 is 2.84 bits per heavy atom. The number of fused-ring (bicyclic) bond motifs is 3. The van der Waals surface area contributed by atoms with Crippen LogP contribution in [0.1, 0.15) is 48.5 Å². The highest BCUT2D eigenvalue weighted by Crippen LogP contribution is 2.54. The number of hydrogen-bond acceptors (Lipinski definition) is 5. The fraction of sp³-hybridized carbons (Fsp3) is 0.292. The van der Waals surface area contributed by atoms with Crippen molar-refractivity contribution in [3.8, 4) is 0 Å². The Hall–Kier alpha value is -3.65. The fourth-order valence-corrected chi connectivity index (χ4v) is 4.54. The third-order valence-corrected chi connectivity index (χ3v) is 6.32. The normalized spacial score (nSPS) is 19.8. The van der Waals surface area contributed by atoms with Crippen LogP contribution < -0.4 is 10.8 Å². The Kier molecular flexibility index (Phi) is 5.14. The molecule has 1 aliphatic rings. The van der Waals surface area contributed by atoms with E-state index < -0.39 is 5.54 Å². The third-order valence-electron chi connectivity index (χ3n) is 6.32. The minimum Gasteiger partial charge on any atom is -0.459 e. The highest BCUT2D eigenvalue weighted by molar-refractivity contribution is 6.04. The van der Waals surface area contributed by atoms with Crippen molar-refractivity contribution in [3.05, 3.63) is 66.4 Å². The average molecular weight is 432 g/mol. The standard InChI is InChI=1S/C24H24N4O4/c29-20(28-31)10-4-2-7-16-14-24(16,27-22(30)19-9-5-13-32-19)23-25-18-12-11-15-6-1-3-8-17(15)21(18)26-23/h1,3,5-6,8-9,11-13,16,31H,2,4,7,10,14H2,(H,25,26)(H,27,30)(H,28,29). The van der Waals surface area contributed by atoms with E-state index in [1.54, 1.807) is 17.6 Å². The van der Waals surface area contributed by atoms with E-state index in [1.165, 1.54) is 6.26 Å². The van der Waals surface area contributed by atoms with Crippen molar-refractivity contribution in [3.63, 3.8) is 0 Å². The van der Waals surface area contributed by atoms with Gasteiger partial charge in [0.05, 0.1) is 17.3 Å². The van der Waals surface area contributed by atoms with Gasteiger partial charge in [0.2, 0.25) is 5.91 Å². The Labute approximate surface area is 184 Å². The first-order valence-corrected chi connectivity index (χ1v) is 10.8. The summed E-state index contributed by atoms with van der Waals surface area (Å²) in [6.07, 6.45) is 4.80. The maximum atomic E-state index is 12.8. The zero-order chi connectivity index (χ0) is 22.1. The number of H-pyrrole nitrogens is 1. The SMILES string of the molecule is O=C(CCCCC1CC1(NC(=O)c1ccco1)c1nc2c(ccc3ccccc32)[nH]1)NO. The molecule has 2 aromatic heterocycles. The first-order valence-electron chi connectivity index (χ1n) is 10.8. The van der Waals surface area contributed by atoms with E-state index in [-0.39, 0.29) is 29.9 Å². The predicted octanol–water partition coefficient (Wildman–Crippen LogP) is 4.02. The van der Waals surface area contributed by atoms with E-state index >= 15 is 0 Å². The van der Waals surface area contributed by atoms with Crippen molar-refractivity contribution in [2.75, 3.05) is 0 Å². The van der Waals surface area contributed by atoms with Crippen molar-refractivity contribution >= 4 is 33.6 Å². The van der Waals surface area contributed by atoms with Gasteiger partial charge in [0, 0.05) is 11.8 Å². The number of carbonyl (C=O) groups is 2. The molecule has 164 valence electrons. The molecule has 0 radical (unpaired) electrons. The maximum absolute atomic E-state index is 12.8. The second-order valence-corrected chi connectivity index (χ2v) is 8.35. The lowest BCUT2D eigenvalue weighted by molar-refractivity contribution is -0.129. The van der Waals surface area contributed by atoms with E-state index in [0.29, 0.717) is 6.42 Å². The Morgan fingerprint density at radius 2 is 2.03 bits per heavy atom.